The van der Waals surface area contributed by atoms with Crippen LogP contribution in [0.25, 0.3) is 0 Å². The summed E-state index contributed by atoms with van der Waals surface area (Å²) in [7, 11) is 0. The Morgan fingerprint density at radius 1 is 1.19 bits per heavy atom. The number of benzene rings is 1. The maximum atomic E-state index is 12.4. The maximum absolute atomic E-state index is 12.4. The first-order valence-electron chi connectivity index (χ1n) is 9.29. The fourth-order valence-electron chi connectivity index (χ4n) is 2.95. The Morgan fingerprint density at radius 3 is 2.52 bits per heavy atom. The number of amides is 2. The van der Waals surface area contributed by atoms with Crippen molar-refractivity contribution in [3.63, 3.8) is 0 Å². The number of nitrogens with zero attached hydrogens (tertiary/aromatic N) is 2. The van der Waals surface area contributed by atoms with E-state index >= 15 is 0 Å². The zero-order valence-electron chi connectivity index (χ0n) is 15.8. The van der Waals surface area contributed by atoms with Crippen LogP contribution < -0.4 is 5.32 Å². The van der Waals surface area contributed by atoms with Crippen LogP contribution in [0.4, 0.5) is 0 Å². The van der Waals surface area contributed by atoms with E-state index in [0.29, 0.717) is 44.0 Å². The summed E-state index contributed by atoms with van der Waals surface area (Å²) in [4.78, 5) is 32.3. The number of thiazole rings is 1. The van der Waals surface area contributed by atoms with E-state index in [1.807, 2.05) is 6.92 Å². The van der Waals surface area contributed by atoms with Gasteiger partial charge in [0.1, 0.15) is 0 Å². The number of rotatable bonds is 6. The number of nitrogens with one attached hydrogen (secondary N) is 1. The topological polar surface area (TPSA) is 71.5 Å². The number of morpholine rings is 1. The van der Waals surface area contributed by atoms with E-state index in [0.717, 1.165) is 28.4 Å². The van der Waals surface area contributed by atoms with E-state index in [9.17, 15) is 9.59 Å². The fraction of sp³-hybridized carbons (Fsp3) is 0.450. The molecular formula is C20H25N3O3S. The lowest BCUT2D eigenvalue weighted by Gasteiger charge is -2.26. The van der Waals surface area contributed by atoms with Gasteiger partial charge in [-0.15, -0.1) is 11.3 Å². The summed E-state index contributed by atoms with van der Waals surface area (Å²) in [5.41, 5.74) is 2.12. The summed E-state index contributed by atoms with van der Waals surface area (Å²) < 4.78 is 5.27. The van der Waals surface area contributed by atoms with Crippen molar-refractivity contribution in [3.8, 4) is 0 Å². The number of ether oxygens (including phenoxy) is 1. The summed E-state index contributed by atoms with van der Waals surface area (Å²) in [5, 5.41) is 4.06. The highest BCUT2D eigenvalue weighted by atomic mass is 32.1. The summed E-state index contributed by atoms with van der Waals surface area (Å²) in [6, 6.07) is 6.82. The lowest BCUT2D eigenvalue weighted by molar-refractivity contribution is 0.0303. The van der Waals surface area contributed by atoms with Gasteiger partial charge < -0.3 is 15.0 Å². The minimum absolute atomic E-state index is 0.0194. The standard InChI is InChI=1S/C20H25N3O3S/c1-3-4-18-22-14(2)17(27-18)13-21-19(24)15-5-7-16(8-6-15)20(25)23-9-11-26-12-10-23/h5-8H,3-4,9-13H2,1-2H3,(H,21,24). The molecule has 2 amide bonds. The SMILES string of the molecule is CCCc1nc(C)c(CNC(=O)c2ccc(C(=O)N3CCOCC3)cc2)s1. The minimum Gasteiger partial charge on any atom is -0.378 e. The highest BCUT2D eigenvalue weighted by Gasteiger charge is 2.18. The third kappa shape index (κ3) is 4.93. The smallest absolute Gasteiger partial charge is 0.254 e. The molecule has 1 aliphatic rings. The predicted molar refractivity (Wildman–Crippen MR) is 105 cm³/mol. The van der Waals surface area contributed by atoms with Gasteiger partial charge >= 0.3 is 0 Å². The van der Waals surface area contributed by atoms with E-state index < -0.39 is 0 Å². The molecule has 1 aromatic carbocycles. The van der Waals surface area contributed by atoms with E-state index in [-0.39, 0.29) is 11.8 Å². The summed E-state index contributed by atoms with van der Waals surface area (Å²) >= 11 is 1.66. The van der Waals surface area contributed by atoms with E-state index in [1.54, 1.807) is 40.5 Å². The molecule has 0 bridgehead atoms. The second-order valence-corrected chi connectivity index (χ2v) is 7.70. The molecule has 0 saturated carbocycles. The monoisotopic (exact) mass is 387 g/mol. The van der Waals surface area contributed by atoms with Crippen LogP contribution >= 0.6 is 11.3 Å². The van der Waals surface area contributed by atoms with Crippen LogP contribution in [0.3, 0.4) is 0 Å². The van der Waals surface area contributed by atoms with E-state index in [4.69, 9.17) is 4.74 Å². The second kappa shape index (κ2) is 9.10. The minimum atomic E-state index is -0.148. The highest BCUT2D eigenvalue weighted by molar-refractivity contribution is 7.11. The van der Waals surface area contributed by atoms with Gasteiger partial charge in [0.25, 0.3) is 11.8 Å². The quantitative estimate of drug-likeness (QED) is 0.827. The van der Waals surface area contributed by atoms with Gasteiger partial charge in [-0.3, -0.25) is 9.59 Å². The molecule has 0 unspecified atom stereocenters. The Balaban J connectivity index is 1.58. The molecule has 144 valence electrons. The lowest BCUT2D eigenvalue weighted by atomic mass is 10.1. The summed E-state index contributed by atoms with van der Waals surface area (Å²) in [6.45, 7) is 6.94. The largest absolute Gasteiger partial charge is 0.378 e. The van der Waals surface area contributed by atoms with Crippen molar-refractivity contribution in [1.82, 2.24) is 15.2 Å². The average Bonchev–Trinajstić information content (AvgIpc) is 3.06. The van der Waals surface area contributed by atoms with Crippen molar-refractivity contribution >= 4 is 23.2 Å². The first-order chi connectivity index (χ1) is 13.1. The molecule has 0 atom stereocenters. The van der Waals surface area contributed by atoms with Crippen LogP contribution in [0.15, 0.2) is 24.3 Å². The Labute approximate surface area is 163 Å². The van der Waals surface area contributed by atoms with Gasteiger partial charge in [0.2, 0.25) is 0 Å². The maximum Gasteiger partial charge on any atom is 0.254 e. The molecule has 1 aliphatic heterocycles. The number of aromatic nitrogens is 1. The molecule has 2 aromatic rings. The van der Waals surface area contributed by atoms with Crippen LogP contribution in [-0.2, 0) is 17.7 Å². The van der Waals surface area contributed by atoms with Crippen molar-refractivity contribution in [2.45, 2.75) is 33.2 Å². The third-order valence-corrected chi connectivity index (χ3v) is 5.72. The molecular weight excluding hydrogens is 362 g/mol. The van der Waals surface area contributed by atoms with Crippen molar-refractivity contribution in [2.75, 3.05) is 26.3 Å². The van der Waals surface area contributed by atoms with Crippen LogP contribution in [0.2, 0.25) is 0 Å². The van der Waals surface area contributed by atoms with Gasteiger partial charge in [-0.1, -0.05) is 6.92 Å². The van der Waals surface area contributed by atoms with Crippen LogP contribution in [0.1, 0.15) is 49.6 Å². The first kappa shape index (κ1) is 19.5. The van der Waals surface area contributed by atoms with Crippen molar-refractivity contribution in [3.05, 3.63) is 51.0 Å². The number of hydrogen-bond donors (Lipinski definition) is 1. The van der Waals surface area contributed by atoms with Gasteiger partial charge in [-0.05, 0) is 44.0 Å². The number of carbonyl (C=O) groups excluding carboxylic acids is 2. The molecule has 3 rings (SSSR count). The molecule has 27 heavy (non-hydrogen) atoms. The summed E-state index contributed by atoms with van der Waals surface area (Å²) in [5.74, 6) is -0.167. The molecule has 0 spiro atoms. The van der Waals surface area contributed by atoms with Crippen molar-refractivity contribution < 1.29 is 14.3 Å². The molecule has 0 radical (unpaired) electrons. The fourth-order valence-corrected chi connectivity index (χ4v) is 4.06. The predicted octanol–water partition coefficient (Wildman–Crippen LogP) is 2.81. The van der Waals surface area contributed by atoms with Gasteiger partial charge in [0.05, 0.1) is 30.5 Å². The van der Waals surface area contributed by atoms with Crippen molar-refractivity contribution in [2.24, 2.45) is 0 Å². The number of carbonyl (C=O) groups is 2. The molecule has 1 saturated heterocycles. The highest BCUT2D eigenvalue weighted by Crippen LogP contribution is 2.19. The van der Waals surface area contributed by atoms with Crippen LogP contribution in [0.5, 0.6) is 0 Å². The zero-order chi connectivity index (χ0) is 19.2. The lowest BCUT2D eigenvalue weighted by Crippen LogP contribution is -2.40. The Bertz CT molecular complexity index is 795. The van der Waals surface area contributed by atoms with Crippen LogP contribution in [0, 0.1) is 6.92 Å². The normalized spacial score (nSPS) is 14.2. The number of hydrogen-bond acceptors (Lipinski definition) is 5. The Kier molecular flexibility index (Phi) is 6.58. The van der Waals surface area contributed by atoms with E-state index in [1.165, 1.54) is 0 Å². The number of aryl methyl sites for hydroxylation is 2. The zero-order valence-corrected chi connectivity index (χ0v) is 16.6. The molecule has 6 nitrogen and oxygen atoms in total. The second-order valence-electron chi connectivity index (χ2n) is 6.53. The Hall–Kier alpha value is -2.25. The summed E-state index contributed by atoms with van der Waals surface area (Å²) in [6.07, 6.45) is 2.03. The van der Waals surface area contributed by atoms with Crippen LogP contribution in [-0.4, -0.2) is 48.0 Å². The molecule has 1 N–H and O–H groups in total. The molecule has 7 heteroatoms. The third-order valence-electron chi connectivity index (χ3n) is 4.50. The molecule has 1 fully saturated rings. The molecule has 2 heterocycles. The van der Waals surface area contributed by atoms with Crippen molar-refractivity contribution in [1.29, 1.82) is 0 Å². The van der Waals surface area contributed by atoms with Gasteiger partial charge in [-0.2, -0.15) is 0 Å². The first-order valence-corrected chi connectivity index (χ1v) is 10.1. The van der Waals surface area contributed by atoms with Gasteiger partial charge in [0.15, 0.2) is 0 Å². The van der Waals surface area contributed by atoms with E-state index in [2.05, 4.69) is 17.2 Å². The Morgan fingerprint density at radius 2 is 1.85 bits per heavy atom. The van der Waals surface area contributed by atoms with Gasteiger partial charge in [0, 0.05) is 29.1 Å². The van der Waals surface area contributed by atoms with Gasteiger partial charge in [-0.25, -0.2) is 4.98 Å². The average molecular weight is 388 g/mol. The molecule has 1 aromatic heterocycles. The molecule has 0 aliphatic carbocycles.